The van der Waals surface area contributed by atoms with Crippen molar-refractivity contribution in [2.75, 3.05) is 11.5 Å². The Bertz CT molecular complexity index is 1150. The Morgan fingerprint density at radius 2 is 2.00 bits per heavy atom. The van der Waals surface area contributed by atoms with Gasteiger partial charge in [0.15, 0.2) is 15.6 Å². The highest BCUT2D eigenvalue weighted by atomic mass is 35.5. The number of halogens is 1. The zero-order valence-corrected chi connectivity index (χ0v) is 17.0. The monoisotopic (exact) mass is 417 g/mol. The van der Waals surface area contributed by atoms with E-state index >= 15 is 0 Å². The van der Waals surface area contributed by atoms with Crippen LogP contribution in [-0.2, 0) is 16.4 Å². The first-order valence-corrected chi connectivity index (χ1v) is 11.3. The Kier molecular flexibility index (Phi) is 4.93. The minimum Gasteiger partial charge on any atom is -0.451 e. The topological polar surface area (TPSA) is 67.6 Å². The SMILES string of the molecule is Cc1c(C(=O)N(Cc2cccc(Cl)c2)[C@H]2CCS(=O)(=O)C2)oc2ccccc12. The van der Waals surface area contributed by atoms with Gasteiger partial charge in [-0.2, -0.15) is 0 Å². The first-order chi connectivity index (χ1) is 13.3. The maximum Gasteiger partial charge on any atom is 0.290 e. The Labute approximate surface area is 168 Å². The van der Waals surface area contributed by atoms with Gasteiger partial charge in [0.1, 0.15) is 5.58 Å². The van der Waals surface area contributed by atoms with E-state index in [4.69, 9.17) is 16.0 Å². The van der Waals surface area contributed by atoms with Crippen molar-refractivity contribution in [3.63, 3.8) is 0 Å². The quantitative estimate of drug-likeness (QED) is 0.637. The number of carbonyl (C=O) groups is 1. The molecule has 0 saturated carbocycles. The number of carbonyl (C=O) groups excluding carboxylic acids is 1. The molecule has 1 aliphatic heterocycles. The van der Waals surface area contributed by atoms with Gasteiger partial charge in [-0.1, -0.05) is 41.9 Å². The van der Waals surface area contributed by atoms with Crippen molar-refractivity contribution in [3.8, 4) is 0 Å². The molecule has 3 aromatic rings. The number of aryl methyl sites for hydroxylation is 1. The van der Waals surface area contributed by atoms with Gasteiger partial charge >= 0.3 is 0 Å². The summed E-state index contributed by atoms with van der Waals surface area (Å²) in [6, 6.07) is 14.3. The van der Waals surface area contributed by atoms with Crippen LogP contribution in [0.5, 0.6) is 0 Å². The molecule has 146 valence electrons. The number of hydrogen-bond acceptors (Lipinski definition) is 4. The fraction of sp³-hybridized carbons (Fsp3) is 0.286. The summed E-state index contributed by atoms with van der Waals surface area (Å²) in [5.41, 5.74) is 2.25. The van der Waals surface area contributed by atoms with Crippen LogP contribution in [0, 0.1) is 6.92 Å². The fourth-order valence-corrected chi connectivity index (χ4v) is 5.67. The van der Waals surface area contributed by atoms with E-state index < -0.39 is 9.84 Å². The van der Waals surface area contributed by atoms with E-state index in [1.54, 1.807) is 17.0 Å². The van der Waals surface area contributed by atoms with Gasteiger partial charge in [0.2, 0.25) is 0 Å². The zero-order valence-electron chi connectivity index (χ0n) is 15.4. The van der Waals surface area contributed by atoms with Crippen LogP contribution in [0.25, 0.3) is 11.0 Å². The van der Waals surface area contributed by atoms with E-state index in [1.165, 1.54) is 0 Å². The Morgan fingerprint density at radius 3 is 2.68 bits per heavy atom. The molecule has 2 aromatic carbocycles. The molecule has 0 radical (unpaired) electrons. The lowest BCUT2D eigenvalue weighted by atomic mass is 10.1. The molecule has 0 unspecified atom stereocenters. The molecule has 5 nitrogen and oxygen atoms in total. The number of nitrogens with zero attached hydrogens (tertiary/aromatic N) is 1. The normalized spacial score (nSPS) is 18.4. The molecule has 4 rings (SSSR count). The molecule has 0 spiro atoms. The molecule has 0 N–H and O–H groups in total. The lowest BCUT2D eigenvalue weighted by Crippen LogP contribution is -2.40. The molecule has 2 heterocycles. The van der Waals surface area contributed by atoms with Crippen LogP contribution in [0.15, 0.2) is 52.9 Å². The zero-order chi connectivity index (χ0) is 19.9. The largest absolute Gasteiger partial charge is 0.451 e. The first kappa shape index (κ1) is 19.0. The number of para-hydroxylation sites is 1. The van der Waals surface area contributed by atoms with Crippen molar-refractivity contribution in [2.45, 2.75) is 25.9 Å². The van der Waals surface area contributed by atoms with Crippen molar-refractivity contribution >= 4 is 38.3 Å². The second-order valence-corrected chi connectivity index (χ2v) is 9.84. The van der Waals surface area contributed by atoms with E-state index in [-0.39, 0.29) is 35.8 Å². The molecular formula is C21H20ClNO4S. The van der Waals surface area contributed by atoms with E-state index in [1.807, 2.05) is 43.3 Å². The molecule has 1 aromatic heterocycles. The van der Waals surface area contributed by atoms with Crippen LogP contribution >= 0.6 is 11.6 Å². The lowest BCUT2D eigenvalue weighted by molar-refractivity contribution is 0.0649. The van der Waals surface area contributed by atoms with Gasteiger partial charge in [0.05, 0.1) is 11.5 Å². The molecule has 28 heavy (non-hydrogen) atoms. The van der Waals surface area contributed by atoms with Crippen LogP contribution in [0.2, 0.25) is 5.02 Å². The summed E-state index contributed by atoms with van der Waals surface area (Å²) in [5.74, 6) is 0.0256. The summed E-state index contributed by atoms with van der Waals surface area (Å²) >= 11 is 6.09. The van der Waals surface area contributed by atoms with Gasteiger partial charge in [-0.05, 0) is 37.1 Å². The van der Waals surface area contributed by atoms with Gasteiger partial charge in [0.25, 0.3) is 5.91 Å². The van der Waals surface area contributed by atoms with E-state index in [9.17, 15) is 13.2 Å². The van der Waals surface area contributed by atoms with Crippen LogP contribution in [0.3, 0.4) is 0 Å². The second kappa shape index (κ2) is 7.26. The number of benzene rings is 2. The van der Waals surface area contributed by atoms with E-state index in [0.29, 0.717) is 17.0 Å². The Balaban J connectivity index is 1.73. The minimum atomic E-state index is -3.14. The average molecular weight is 418 g/mol. The third-order valence-electron chi connectivity index (χ3n) is 5.19. The van der Waals surface area contributed by atoms with Crippen molar-refractivity contribution in [1.82, 2.24) is 4.90 Å². The van der Waals surface area contributed by atoms with Gasteiger partial charge in [-0.3, -0.25) is 4.79 Å². The summed E-state index contributed by atoms with van der Waals surface area (Å²) in [6.45, 7) is 2.12. The summed E-state index contributed by atoms with van der Waals surface area (Å²) in [7, 11) is -3.14. The molecule has 1 aliphatic rings. The van der Waals surface area contributed by atoms with Crippen LogP contribution < -0.4 is 0 Å². The summed E-state index contributed by atoms with van der Waals surface area (Å²) < 4.78 is 29.9. The second-order valence-electron chi connectivity index (χ2n) is 7.17. The maximum atomic E-state index is 13.4. The van der Waals surface area contributed by atoms with Crippen LogP contribution in [0.1, 0.15) is 28.1 Å². The number of amides is 1. The molecular weight excluding hydrogens is 398 g/mol. The summed E-state index contributed by atoms with van der Waals surface area (Å²) in [5, 5.41) is 1.46. The van der Waals surface area contributed by atoms with E-state index in [2.05, 4.69) is 0 Å². The van der Waals surface area contributed by atoms with Gasteiger partial charge in [-0.15, -0.1) is 0 Å². The van der Waals surface area contributed by atoms with Crippen molar-refractivity contribution < 1.29 is 17.6 Å². The van der Waals surface area contributed by atoms with Crippen molar-refractivity contribution in [3.05, 3.63) is 70.4 Å². The molecule has 1 atom stereocenters. The first-order valence-electron chi connectivity index (χ1n) is 9.08. The number of hydrogen-bond donors (Lipinski definition) is 0. The van der Waals surface area contributed by atoms with Crippen LogP contribution in [0.4, 0.5) is 0 Å². The maximum absolute atomic E-state index is 13.4. The molecule has 7 heteroatoms. The number of furan rings is 1. The third-order valence-corrected chi connectivity index (χ3v) is 7.18. The molecule has 1 fully saturated rings. The van der Waals surface area contributed by atoms with Gasteiger partial charge in [0, 0.05) is 28.6 Å². The van der Waals surface area contributed by atoms with Crippen molar-refractivity contribution in [1.29, 1.82) is 0 Å². The highest BCUT2D eigenvalue weighted by molar-refractivity contribution is 7.91. The molecule has 1 saturated heterocycles. The fourth-order valence-electron chi connectivity index (χ4n) is 3.73. The standard InChI is InChI=1S/C21H20ClNO4S/c1-14-18-7-2-3-8-19(18)27-20(14)21(24)23(17-9-10-28(25,26)13-17)12-15-5-4-6-16(22)11-15/h2-8,11,17H,9-10,12-13H2,1H3/t17-/m0/s1. The van der Waals surface area contributed by atoms with Crippen molar-refractivity contribution in [2.24, 2.45) is 0 Å². The molecule has 1 amide bonds. The number of rotatable bonds is 4. The average Bonchev–Trinajstić information content (AvgIpc) is 3.19. The van der Waals surface area contributed by atoms with Gasteiger partial charge < -0.3 is 9.32 Å². The molecule has 0 aliphatic carbocycles. The lowest BCUT2D eigenvalue weighted by Gasteiger charge is -2.28. The molecule has 0 bridgehead atoms. The third kappa shape index (κ3) is 3.66. The number of fused-ring (bicyclic) bond motifs is 1. The van der Waals surface area contributed by atoms with Gasteiger partial charge in [-0.25, -0.2) is 8.42 Å². The summed E-state index contributed by atoms with van der Waals surface area (Å²) in [4.78, 5) is 15.0. The van der Waals surface area contributed by atoms with E-state index in [0.717, 1.165) is 16.5 Å². The predicted molar refractivity (Wildman–Crippen MR) is 109 cm³/mol. The minimum absolute atomic E-state index is 0.0292. The number of sulfone groups is 1. The van der Waals surface area contributed by atoms with Crippen LogP contribution in [-0.4, -0.2) is 36.8 Å². The highest BCUT2D eigenvalue weighted by Gasteiger charge is 2.36. The smallest absolute Gasteiger partial charge is 0.290 e. The summed E-state index contributed by atoms with van der Waals surface area (Å²) in [6.07, 6.45) is 0.425. The Hall–Kier alpha value is -2.31. The Morgan fingerprint density at radius 1 is 1.21 bits per heavy atom. The predicted octanol–water partition coefficient (Wildman–Crippen LogP) is 4.22. The highest BCUT2D eigenvalue weighted by Crippen LogP contribution is 2.29.